The lowest BCUT2D eigenvalue weighted by Crippen LogP contribution is -2.24. The van der Waals surface area contributed by atoms with Gasteiger partial charge >= 0.3 is 0 Å². The summed E-state index contributed by atoms with van der Waals surface area (Å²) in [7, 11) is 0. The summed E-state index contributed by atoms with van der Waals surface area (Å²) in [6.45, 7) is 2.93. The van der Waals surface area contributed by atoms with Gasteiger partial charge in [0, 0.05) is 24.5 Å². The lowest BCUT2D eigenvalue weighted by molar-refractivity contribution is -0.116. The molecule has 0 fully saturated rings. The average molecular weight is 336 g/mol. The number of nitrogens with zero attached hydrogens (tertiary/aromatic N) is 3. The van der Waals surface area contributed by atoms with Gasteiger partial charge in [0.2, 0.25) is 5.91 Å². The number of carbonyl (C=O) groups is 2. The van der Waals surface area contributed by atoms with Gasteiger partial charge in [-0.25, -0.2) is 4.98 Å². The van der Waals surface area contributed by atoms with Gasteiger partial charge in [0.25, 0.3) is 5.91 Å². The molecule has 0 unspecified atom stereocenters. The van der Waals surface area contributed by atoms with Gasteiger partial charge in [0.15, 0.2) is 0 Å². The van der Waals surface area contributed by atoms with Crippen LogP contribution in [0.3, 0.4) is 0 Å². The Hall–Kier alpha value is -2.41. The summed E-state index contributed by atoms with van der Waals surface area (Å²) in [6.07, 6.45) is 3.99. The molecule has 7 nitrogen and oxygen atoms in total. The maximum absolute atomic E-state index is 12.0. The maximum atomic E-state index is 12.0. The third-order valence-corrected chi connectivity index (χ3v) is 3.33. The van der Waals surface area contributed by atoms with Crippen LogP contribution in [0.25, 0.3) is 0 Å². The third kappa shape index (κ3) is 5.07. The van der Waals surface area contributed by atoms with Crippen LogP contribution in [-0.4, -0.2) is 33.1 Å². The highest BCUT2D eigenvalue weighted by molar-refractivity contribution is 6.31. The SMILES string of the molecule is CCNC(=O)c1cc(Cl)ccc1NC(=O)CCCn1cncn1. The first-order chi connectivity index (χ1) is 11.1. The van der Waals surface area contributed by atoms with Crippen molar-refractivity contribution < 1.29 is 9.59 Å². The molecule has 1 aromatic carbocycles. The van der Waals surface area contributed by atoms with E-state index in [1.54, 1.807) is 23.1 Å². The van der Waals surface area contributed by atoms with Gasteiger partial charge in [-0.2, -0.15) is 5.10 Å². The molecule has 8 heteroatoms. The van der Waals surface area contributed by atoms with Crippen molar-refractivity contribution in [3.8, 4) is 0 Å². The van der Waals surface area contributed by atoms with Crippen molar-refractivity contribution in [2.75, 3.05) is 11.9 Å². The van der Waals surface area contributed by atoms with E-state index in [0.717, 1.165) is 0 Å². The standard InChI is InChI=1S/C15H18ClN5O2/c1-2-18-15(23)12-8-11(16)5-6-13(12)20-14(22)4-3-7-21-10-17-9-19-21/h5-6,8-10H,2-4,7H2,1H3,(H,18,23)(H,20,22). The second kappa shape index (κ2) is 8.28. The van der Waals surface area contributed by atoms with E-state index in [0.29, 0.717) is 42.2 Å². The first-order valence-corrected chi connectivity index (χ1v) is 7.68. The summed E-state index contributed by atoms with van der Waals surface area (Å²) in [5.41, 5.74) is 0.801. The molecule has 0 aliphatic heterocycles. The molecular formula is C15H18ClN5O2. The molecule has 2 N–H and O–H groups in total. The number of carbonyl (C=O) groups excluding carboxylic acids is 2. The molecule has 1 heterocycles. The second-order valence-corrected chi connectivity index (χ2v) is 5.30. The molecule has 0 spiro atoms. The van der Waals surface area contributed by atoms with Crippen molar-refractivity contribution in [2.45, 2.75) is 26.3 Å². The van der Waals surface area contributed by atoms with E-state index in [1.165, 1.54) is 12.4 Å². The van der Waals surface area contributed by atoms with Gasteiger partial charge < -0.3 is 10.6 Å². The number of halogens is 1. The van der Waals surface area contributed by atoms with E-state index in [1.807, 2.05) is 6.92 Å². The number of aryl methyl sites for hydroxylation is 1. The lowest BCUT2D eigenvalue weighted by atomic mass is 10.1. The zero-order valence-corrected chi connectivity index (χ0v) is 13.5. The van der Waals surface area contributed by atoms with Crippen LogP contribution in [0, 0.1) is 0 Å². The Kier molecular flexibility index (Phi) is 6.10. The molecule has 0 aliphatic carbocycles. The van der Waals surface area contributed by atoms with Gasteiger partial charge in [-0.05, 0) is 31.5 Å². The maximum Gasteiger partial charge on any atom is 0.253 e. The van der Waals surface area contributed by atoms with E-state index >= 15 is 0 Å². The van der Waals surface area contributed by atoms with Crippen molar-refractivity contribution in [1.29, 1.82) is 0 Å². The Morgan fingerprint density at radius 2 is 2.17 bits per heavy atom. The molecule has 0 saturated heterocycles. The summed E-state index contributed by atoms with van der Waals surface area (Å²) >= 11 is 5.93. The molecule has 23 heavy (non-hydrogen) atoms. The Bertz CT molecular complexity index is 673. The molecular weight excluding hydrogens is 318 g/mol. The van der Waals surface area contributed by atoms with Crippen LogP contribution in [0.2, 0.25) is 5.02 Å². The van der Waals surface area contributed by atoms with Crippen LogP contribution in [0.15, 0.2) is 30.9 Å². The Labute approximate surface area is 139 Å². The Morgan fingerprint density at radius 3 is 2.87 bits per heavy atom. The van der Waals surface area contributed by atoms with Crippen molar-refractivity contribution in [3.63, 3.8) is 0 Å². The molecule has 122 valence electrons. The molecule has 2 rings (SSSR count). The highest BCUT2D eigenvalue weighted by Crippen LogP contribution is 2.21. The van der Waals surface area contributed by atoms with Gasteiger partial charge in [0.05, 0.1) is 11.3 Å². The number of nitrogens with one attached hydrogen (secondary N) is 2. The molecule has 0 radical (unpaired) electrons. The minimum absolute atomic E-state index is 0.169. The van der Waals surface area contributed by atoms with Crippen LogP contribution in [0.5, 0.6) is 0 Å². The molecule has 0 saturated carbocycles. The van der Waals surface area contributed by atoms with Crippen LogP contribution in [0.1, 0.15) is 30.1 Å². The summed E-state index contributed by atoms with van der Waals surface area (Å²) < 4.78 is 1.66. The van der Waals surface area contributed by atoms with Crippen molar-refractivity contribution in [3.05, 3.63) is 41.4 Å². The minimum atomic E-state index is -0.270. The van der Waals surface area contributed by atoms with Crippen molar-refractivity contribution >= 4 is 29.1 Å². The van der Waals surface area contributed by atoms with E-state index < -0.39 is 0 Å². The van der Waals surface area contributed by atoms with Gasteiger partial charge in [-0.3, -0.25) is 14.3 Å². The minimum Gasteiger partial charge on any atom is -0.352 e. The first-order valence-electron chi connectivity index (χ1n) is 7.30. The third-order valence-electron chi connectivity index (χ3n) is 3.10. The highest BCUT2D eigenvalue weighted by atomic mass is 35.5. The zero-order chi connectivity index (χ0) is 16.7. The number of anilines is 1. The molecule has 2 amide bonds. The first kappa shape index (κ1) is 17.0. The van der Waals surface area contributed by atoms with Gasteiger partial charge in [0.1, 0.15) is 12.7 Å². The lowest BCUT2D eigenvalue weighted by Gasteiger charge is -2.11. The van der Waals surface area contributed by atoms with Crippen LogP contribution < -0.4 is 10.6 Å². The molecule has 2 aromatic rings. The number of hydrogen-bond donors (Lipinski definition) is 2. The summed E-state index contributed by atoms with van der Waals surface area (Å²) in [4.78, 5) is 27.9. The zero-order valence-electron chi connectivity index (χ0n) is 12.8. The number of hydrogen-bond acceptors (Lipinski definition) is 4. The Morgan fingerprint density at radius 1 is 1.35 bits per heavy atom. The smallest absolute Gasteiger partial charge is 0.253 e. The summed E-state index contributed by atoms with van der Waals surface area (Å²) in [5.74, 6) is -0.439. The monoisotopic (exact) mass is 335 g/mol. The van der Waals surface area contributed by atoms with E-state index in [4.69, 9.17) is 11.6 Å². The number of benzene rings is 1. The van der Waals surface area contributed by atoms with E-state index in [-0.39, 0.29) is 11.8 Å². The van der Waals surface area contributed by atoms with Crippen LogP contribution >= 0.6 is 11.6 Å². The topological polar surface area (TPSA) is 88.9 Å². The highest BCUT2D eigenvalue weighted by Gasteiger charge is 2.13. The van der Waals surface area contributed by atoms with Gasteiger partial charge in [-0.1, -0.05) is 11.6 Å². The van der Waals surface area contributed by atoms with Crippen molar-refractivity contribution in [1.82, 2.24) is 20.1 Å². The van der Waals surface area contributed by atoms with Gasteiger partial charge in [-0.15, -0.1) is 0 Å². The predicted octanol–water partition coefficient (Wildman–Crippen LogP) is 2.10. The molecule has 1 aromatic heterocycles. The van der Waals surface area contributed by atoms with Crippen molar-refractivity contribution in [2.24, 2.45) is 0 Å². The number of amides is 2. The molecule has 0 atom stereocenters. The predicted molar refractivity (Wildman–Crippen MR) is 87.3 cm³/mol. The van der Waals surface area contributed by atoms with E-state index in [9.17, 15) is 9.59 Å². The number of rotatable bonds is 7. The van der Waals surface area contributed by atoms with Crippen LogP contribution in [-0.2, 0) is 11.3 Å². The van der Waals surface area contributed by atoms with Crippen LogP contribution in [0.4, 0.5) is 5.69 Å². The average Bonchev–Trinajstić information content (AvgIpc) is 3.02. The van der Waals surface area contributed by atoms with E-state index in [2.05, 4.69) is 20.7 Å². The molecule has 0 bridgehead atoms. The molecule has 0 aliphatic rings. The Balaban J connectivity index is 1.95. The fourth-order valence-corrected chi connectivity index (χ4v) is 2.20. The normalized spacial score (nSPS) is 10.3. The summed E-state index contributed by atoms with van der Waals surface area (Å²) in [5, 5.41) is 9.86. The second-order valence-electron chi connectivity index (χ2n) is 4.86. The largest absolute Gasteiger partial charge is 0.352 e. The quantitative estimate of drug-likeness (QED) is 0.811. The summed E-state index contributed by atoms with van der Waals surface area (Å²) in [6, 6.07) is 4.80. The number of aromatic nitrogens is 3. The fraction of sp³-hybridized carbons (Fsp3) is 0.333. The fourth-order valence-electron chi connectivity index (χ4n) is 2.03.